The lowest BCUT2D eigenvalue weighted by Gasteiger charge is -2.17. The van der Waals surface area contributed by atoms with E-state index in [0.29, 0.717) is 6.04 Å². The molecule has 1 atom stereocenters. The molecule has 1 aromatic heterocycles. The molecule has 0 fully saturated rings. The quantitative estimate of drug-likeness (QED) is 0.845. The van der Waals surface area contributed by atoms with Crippen molar-refractivity contribution in [1.29, 1.82) is 0 Å². The lowest BCUT2D eigenvalue weighted by atomic mass is 10.0. The summed E-state index contributed by atoms with van der Waals surface area (Å²) in [6.45, 7) is 6.15. The van der Waals surface area contributed by atoms with Gasteiger partial charge in [-0.1, -0.05) is 37.3 Å². The minimum atomic E-state index is 0.366. The molecule has 0 spiro atoms. The normalized spacial score (nSPS) is 12.6. The summed E-state index contributed by atoms with van der Waals surface area (Å²) in [6, 6.07) is 11.0. The van der Waals surface area contributed by atoms with E-state index < -0.39 is 0 Å². The number of aromatic nitrogens is 2. The van der Waals surface area contributed by atoms with Crippen LogP contribution in [0, 0.1) is 0 Å². The summed E-state index contributed by atoms with van der Waals surface area (Å²) in [6.07, 6.45) is 5.09. The second-order valence-electron chi connectivity index (χ2n) is 4.43. The zero-order chi connectivity index (χ0) is 12.8. The monoisotopic (exact) mass is 243 g/mol. The van der Waals surface area contributed by atoms with Crippen molar-refractivity contribution in [1.82, 2.24) is 15.1 Å². The Morgan fingerprint density at radius 1 is 1.22 bits per heavy atom. The zero-order valence-electron chi connectivity index (χ0n) is 11.1. The highest BCUT2D eigenvalue weighted by Crippen LogP contribution is 2.17. The molecule has 0 saturated heterocycles. The van der Waals surface area contributed by atoms with Crippen LogP contribution < -0.4 is 5.32 Å². The molecule has 2 rings (SSSR count). The second-order valence-corrected chi connectivity index (χ2v) is 4.43. The number of nitrogens with one attached hydrogen (secondary N) is 1. The van der Waals surface area contributed by atoms with Crippen molar-refractivity contribution in [2.75, 3.05) is 6.54 Å². The maximum atomic E-state index is 4.33. The van der Waals surface area contributed by atoms with Gasteiger partial charge in [0, 0.05) is 18.8 Å². The number of likely N-dealkylation sites (N-methyl/N-ethyl adjacent to an activating group) is 1. The van der Waals surface area contributed by atoms with Crippen molar-refractivity contribution in [3.63, 3.8) is 0 Å². The number of hydrogen-bond acceptors (Lipinski definition) is 2. The highest BCUT2D eigenvalue weighted by molar-refractivity contribution is 5.21. The first kappa shape index (κ1) is 12.8. The number of aryl methyl sites for hydroxylation is 1. The van der Waals surface area contributed by atoms with Crippen LogP contribution in [0.15, 0.2) is 42.7 Å². The number of rotatable bonds is 6. The van der Waals surface area contributed by atoms with Gasteiger partial charge in [0.25, 0.3) is 0 Å². The Hall–Kier alpha value is -1.61. The third-order valence-electron chi connectivity index (χ3n) is 3.10. The standard InChI is InChI=1S/C15H21N3/c1-3-16-15(14-8-6-5-7-9-14)10-13-11-17-18(4-2)12-13/h5-9,11-12,15-16H,3-4,10H2,1-2H3. The molecule has 3 heteroatoms. The molecule has 3 nitrogen and oxygen atoms in total. The Kier molecular flexibility index (Phi) is 4.53. The maximum Gasteiger partial charge on any atom is 0.0522 e. The van der Waals surface area contributed by atoms with Gasteiger partial charge < -0.3 is 5.32 Å². The Balaban J connectivity index is 2.11. The molecule has 0 bridgehead atoms. The molecule has 2 aromatic rings. The van der Waals surface area contributed by atoms with E-state index in [1.165, 1.54) is 11.1 Å². The third-order valence-corrected chi connectivity index (χ3v) is 3.10. The van der Waals surface area contributed by atoms with Crippen molar-refractivity contribution in [3.05, 3.63) is 53.9 Å². The van der Waals surface area contributed by atoms with Crippen molar-refractivity contribution >= 4 is 0 Å². The van der Waals surface area contributed by atoms with E-state index in [9.17, 15) is 0 Å². The summed E-state index contributed by atoms with van der Waals surface area (Å²) in [5.41, 5.74) is 2.62. The number of nitrogens with zero attached hydrogens (tertiary/aromatic N) is 2. The molecule has 0 saturated carbocycles. The van der Waals surface area contributed by atoms with Crippen molar-refractivity contribution in [2.45, 2.75) is 32.9 Å². The molecule has 18 heavy (non-hydrogen) atoms. The van der Waals surface area contributed by atoms with E-state index in [1.807, 2.05) is 10.9 Å². The minimum Gasteiger partial charge on any atom is -0.310 e. The second kappa shape index (κ2) is 6.36. The smallest absolute Gasteiger partial charge is 0.0522 e. The van der Waals surface area contributed by atoms with E-state index in [-0.39, 0.29) is 0 Å². The van der Waals surface area contributed by atoms with Gasteiger partial charge in [0.05, 0.1) is 6.20 Å². The van der Waals surface area contributed by atoms with E-state index in [2.05, 4.69) is 60.8 Å². The molecule has 96 valence electrons. The molecule has 0 aliphatic rings. The van der Waals surface area contributed by atoms with Gasteiger partial charge in [-0.25, -0.2) is 0 Å². The van der Waals surface area contributed by atoms with Gasteiger partial charge in [0.1, 0.15) is 0 Å². The summed E-state index contributed by atoms with van der Waals surface area (Å²) in [4.78, 5) is 0. The molecule has 1 unspecified atom stereocenters. The third kappa shape index (κ3) is 3.20. The van der Waals surface area contributed by atoms with Crippen LogP contribution >= 0.6 is 0 Å². The van der Waals surface area contributed by atoms with Gasteiger partial charge in [-0.2, -0.15) is 5.10 Å². The molecule has 0 amide bonds. The van der Waals surface area contributed by atoms with E-state index >= 15 is 0 Å². The first-order valence-corrected chi connectivity index (χ1v) is 6.63. The zero-order valence-corrected chi connectivity index (χ0v) is 11.1. The molecule has 0 aliphatic heterocycles. The summed E-state index contributed by atoms with van der Waals surface area (Å²) >= 11 is 0. The molecule has 0 aliphatic carbocycles. The van der Waals surface area contributed by atoms with Crippen molar-refractivity contribution in [3.8, 4) is 0 Å². The highest BCUT2D eigenvalue weighted by atomic mass is 15.3. The first-order chi connectivity index (χ1) is 8.83. The number of benzene rings is 1. The largest absolute Gasteiger partial charge is 0.310 e. The van der Waals surface area contributed by atoms with Crippen LogP contribution in [0.2, 0.25) is 0 Å². The van der Waals surface area contributed by atoms with E-state index in [0.717, 1.165) is 19.5 Å². The Morgan fingerprint density at radius 2 is 2.00 bits per heavy atom. The van der Waals surface area contributed by atoms with Gasteiger partial charge in [-0.15, -0.1) is 0 Å². The summed E-state index contributed by atoms with van der Waals surface area (Å²) in [7, 11) is 0. The molecular weight excluding hydrogens is 222 g/mol. The van der Waals surface area contributed by atoms with Crippen LogP contribution in [0.4, 0.5) is 0 Å². The van der Waals surface area contributed by atoms with Gasteiger partial charge in [0.2, 0.25) is 0 Å². The Morgan fingerprint density at radius 3 is 2.61 bits per heavy atom. The van der Waals surface area contributed by atoms with Gasteiger partial charge in [-0.3, -0.25) is 4.68 Å². The Bertz CT molecular complexity index is 462. The van der Waals surface area contributed by atoms with Crippen LogP contribution in [-0.2, 0) is 13.0 Å². The molecule has 1 N–H and O–H groups in total. The fourth-order valence-corrected chi connectivity index (χ4v) is 2.16. The first-order valence-electron chi connectivity index (χ1n) is 6.63. The summed E-state index contributed by atoms with van der Waals surface area (Å²) in [5, 5.41) is 7.87. The fourth-order valence-electron chi connectivity index (χ4n) is 2.16. The predicted octanol–water partition coefficient (Wildman–Crippen LogP) is 2.80. The molecule has 1 aromatic carbocycles. The van der Waals surface area contributed by atoms with Crippen LogP contribution in [0.3, 0.4) is 0 Å². The summed E-state index contributed by atoms with van der Waals surface area (Å²) in [5.74, 6) is 0. The highest BCUT2D eigenvalue weighted by Gasteiger charge is 2.11. The average molecular weight is 243 g/mol. The van der Waals surface area contributed by atoms with Crippen molar-refractivity contribution < 1.29 is 0 Å². The lowest BCUT2D eigenvalue weighted by Crippen LogP contribution is -2.22. The molecular formula is C15H21N3. The van der Waals surface area contributed by atoms with Crippen LogP contribution in [0.25, 0.3) is 0 Å². The van der Waals surface area contributed by atoms with Gasteiger partial charge >= 0.3 is 0 Å². The van der Waals surface area contributed by atoms with Crippen LogP contribution in [0.1, 0.15) is 31.0 Å². The Labute approximate surface area is 109 Å². The molecule has 0 radical (unpaired) electrons. The minimum absolute atomic E-state index is 0.366. The SMILES string of the molecule is CCNC(Cc1cnn(CC)c1)c1ccccc1. The molecule has 1 heterocycles. The number of hydrogen-bond donors (Lipinski definition) is 1. The van der Waals surface area contributed by atoms with Gasteiger partial charge in [-0.05, 0) is 31.0 Å². The van der Waals surface area contributed by atoms with Crippen LogP contribution in [0.5, 0.6) is 0 Å². The lowest BCUT2D eigenvalue weighted by molar-refractivity contribution is 0.549. The average Bonchev–Trinajstić information content (AvgIpc) is 2.87. The topological polar surface area (TPSA) is 29.9 Å². The fraction of sp³-hybridized carbons (Fsp3) is 0.400. The van der Waals surface area contributed by atoms with Crippen LogP contribution in [-0.4, -0.2) is 16.3 Å². The van der Waals surface area contributed by atoms with E-state index in [1.54, 1.807) is 0 Å². The summed E-state index contributed by atoms with van der Waals surface area (Å²) < 4.78 is 1.98. The van der Waals surface area contributed by atoms with Gasteiger partial charge in [0.15, 0.2) is 0 Å². The van der Waals surface area contributed by atoms with E-state index in [4.69, 9.17) is 0 Å². The maximum absolute atomic E-state index is 4.33. The van der Waals surface area contributed by atoms with Crippen molar-refractivity contribution in [2.24, 2.45) is 0 Å². The predicted molar refractivity (Wildman–Crippen MR) is 74.5 cm³/mol.